The van der Waals surface area contributed by atoms with Gasteiger partial charge in [-0.25, -0.2) is 9.78 Å². The lowest BCUT2D eigenvalue weighted by Gasteiger charge is -2.21. The third-order valence-corrected chi connectivity index (χ3v) is 4.53. The van der Waals surface area contributed by atoms with E-state index >= 15 is 0 Å². The molecular weight excluding hydrogens is 288 g/mol. The van der Waals surface area contributed by atoms with E-state index < -0.39 is 0 Å². The molecule has 1 aliphatic rings. The van der Waals surface area contributed by atoms with Gasteiger partial charge in [-0.15, -0.1) is 11.3 Å². The number of aromatic amines is 1. The summed E-state index contributed by atoms with van der Waals surface area (Å²) in [6.07, 6.45) is 3.99. The molecule has 112 valence electrons. The van der Waals surface area contributed by atoms with Crippen molar-refractivity contribution in [2.24, 2.45) is 0 Å². The van der Waals surface area contributed by atoms with Crippen LogP contribution in [0, 0.1) is 0 Å². The third-order valence-electron chi connectivity index (χ3n) is 3.59. The molecule has 1 aliphatic heterocycles. The summed E-state index contributed by atoms with van der Waals surface area (Å²) in [6.45, 7) is 4.05. The maximum Gasteiger partial charge on any atom is 0.357 e. The van der Waals surface area contributed by atoms with E-state index in [1.54, 1.807) is 18.5 Å². The van der Waals surface area contributed by atoms with Crippen molar-refractivity contribution in [1.82, 2.24) is 20.1 Å². The number of rotatable bonds is 5. The highest BCUT2D eigenvalue weighted by atomic mass is 32.1. The van der Waals surface area contributed by atoms with Gasteiger partial charge in [0.1, 0.15) is 5.01 Å². The topological polar surface area (TPSA) is 71.1 Å². The van der Waals surface area contributed by atoms with Gasteiger partial charge in [0.2, 0.25) is 0 Å². The number of ether oxygens (including phenoxy) is 1. The Labute approximate surface area is 127 Å². The van der Waals surface area contributed by atoms with E-state index in [1.165, 1.54) is 11.3 Å². The first kappa shape index (κ1) is 14.2. The first-order valence-corrected chi connectivity index (χ1v) is 8.00. The van der Waals surface area contributed by atoms with Crippen LogP contribution in [0.15, 0.2) is 17.6 Å². The number of hydrogen-bond acceptors (Lipinski definition) is 6. The molecular formula is C14H18N4O2S. The van der Waals surface area contributed by atoms with Gasteiger partial charge in [0.25, 0.3) is 0 Å². The molecule has 0 spiro atoms. The van der Waals surface area contributed by atoms with E-state index in [0.29, 0.717) is 12.3 Å². The first-order valence-electron chi connectivity index (χ1n) is 7.12. The molecule has 1 atom stereocenters. The average molecular weight is 306 g/mol. The van der Waals surface area contributed by atoms with Gasteiger partial charge in [-0.1, -0.05) is 0 Å². The molecule has 0 saturated carbocycles. The minimum Gasteiger partial charge on any atom is -0.461 e. The number of carbonyl (C=O) groups excluding carboxylic acids is 1. The monoisotopic (exact) mass is 306 g/mol. The van der Waals surface area contributed by atoms with E-state index in [1.807, 2.05) is 6.07 Å². The van der Waals surface area contributed by atoms with Gasteiger partial charge < -0.3 is 4.74 Å². The molecule has 1 fully saturated rings. The standard InChI is InChI=1S/C14H18N4O2S/c1-2-20-14(19)11-9-21-13(16-11)12-4-3-7-18(12)8-10-5-6-15-17-10/h5-6,9,12H,2-4,7-8H2,1H3,(H,15,17)/t12-/m0/s1. The number of hydrogen-bond donors (Lipinski definition) is 1. The summed E-state index contributed by atoms with van der Waals surface area (Å²) >= 11 is 1.54. The van der Waals surface area contributed by atoms with Crippen molar-refractivity contribution in [2.75, 3.05) is 13.2 Å². The molecule has 2 aromatic heterocycles. The van der Waals surface area contributed by atoms with Crippen LogP contribution < -0.4 is 0 Å². The van der Waals surface area contributed by atoms with Gasteiger partial charge >= 0.3 is 5.97 Å². The third kappa shape index (κ3) is 3.14. The molecule has 21 heavy (non-hydrogen) atoms. The highest BCUT2D eigenvalue weighted by Gasteiger charge is 2.29. The normalized spacial score (nSPS) is 19.0. The molecule has 3 rings (SSSR count). The van der Waals surface area contributed by atoms with Gasteiger partial charge in [-0.05, 0) is 32.4 Å². The van der Waals surface area contributed by atoms with E-state index in [0.717, 1.165) is 36.6 Å². The van der Waals surface area contributed by atoms with E-state index in [4.69, 9.17) is 4.74 Å². The Morgan fingerprint density at radius 2 is 2.52 bits per heavy atom. The lowest BCUT2D eigenvalue weighted by Crippen LogP contribution is -2.23. The van der Waals surface area contributed by atoms with Crippen molar-refractivity contribution in [3.05, 3.63) is 34.0 Å². The van der Waals surface area contributed by atoms with Crippen LogP contribution >= 0.6 is 11.3 Å². The summed E-state index contributed by atoms with van der Waals surface area (Å²) in [7, 11) is 0. The fraction of sp³-hybridized carbons (Fsp3) is 0.500. The smallest absolute Gasteiger partial charge is 0.357 e. The molecule has 1 N–H and O–H groups in total. The van der Waals surface area contributed by atoms with Crippen LogP contribution in [0.4, 0.5) is 0 Å². The number of aromatic nitrogens is 3. The van der Waals surface area contributed by atoms with Gasteiger partial charge in [-0.2, -0.15) is 5.10 Å². The summed E-state index contributed by atoms with van der Waals surface area (Å²) < 4.78 is 4.99. The second kappa shape index (κ2) is 6.36. The number of esters is 1. The zero-order valence-electron chi connectivity index (χ0n) is 11.9. The predicted octanol–water partition coefficient (Wildman–Crippen LogP) is 2.38. The van der Waals surface area contributed by atoms with Gasteiger partial charge in [0.15, 0.2) is 5.69 Å². The molecule has 0 amide bonds. The molecule has 0 unspecified atom stereocenters. The number of nitrogens with one attached hydrogen (secondary N) is 1. The number of thiazole rings is 1. The van der Waals surface area contributed by atoms with Gasteiger partial charge in [-0.3, -0.25) is 10.00 Å². The van der Waals surface area contributed by atoms with Crippen molar-refractivity contribution < 1.29 is 9.53 Å². The van der Waals surface area contributed by atoms with Gasteiger partial charge in [0.05, 0.1) is 12.6 Å². The quantitative estimate of drug-likeness (QED) is 0.859. The Kier molecular flexibility index (Phi) is 4.31. The zero-order valence-corrected chi connectivity index (χ0v) is 12.7. The Bertz CT molecular complexity index is 596. The Morgan fingerprint density at radius 3 is 3.29 bits per heavy atom. The zero-order chi connectivity index (χ0) is 14.7. The first-order chi connectivity index (χ1) is 10.3. The number of nitrogens with zero attached hydrogens (tertiary/aromatic N) is 3. The van der Waals surface area contributed by atoms with E-state index in [-0.39, 0.29) is 12.0 Å². The maximum atomic E-state index is 11.7. The molecule has 0 aromatic carbocycles. The lowest BCUT2D eigenvalue weighted by atomic mass is 10.2. The minimum absolute atomic E-state index is 0.279. The van der Waals surface area contributed by atoms with Gasteiger partial charge in [0, 0.05) is 23.8 Å². The van der Waals surface area contributed by atoms with Crippen molar-refractivity contribution in [2.45, 2.75) is 32.4 Å². The molecule has 6 nitrogen and oxygen atoms in total. The molecule has 2 aromatic rings. The Hall–Kier alpha value is -1.73. The molecule has 3 heterocycles. The number of carbonyl (C=O) groups is 1. The van der Waals surface area contributed by atoms with Crippen LogP contribution in [0.5, 0.6) is 0 Å². The van der Waals surface area contributed by atoms with Crippen LogP contribution in [-0.4, -0.2) is 39.2 Å². The largest absolute Gasteiger partial charge is 0.461 e. The molecule has 0 radical (unpaired) electrons. The summed E-state index contributed by atoms with van der Waals surface area (Å²) in [4.78, 5) is 18.5. The average Bonchev–Trinajstić information content (AvgIpc) is 3.20. The van der Waals surface area contributed by atoms with Crippen LogP contribution in [0.25, 0.3) is 0 Å². The van der Waals surface area contributed by atoms with Crippen LogP contribution in [-0.2, 0) is 11.3 Å². The predicted molar refractivity (Wildman–Crippen MR) is 79.0 cm³/mol. The van der Waals surface area contributed by atoms with E-state index in [2.05, 4.69) is 20.1 Å². The van der Waals surface area contributed by atoms with Crippen molar-refractivity contribution >= 4 is 17.3 Å². The SMILES string of the molecule is CCOC(=O)c1csc([C@@H]2CCCN2Cc2ccn[nH]2)n1. The van der Waals surface area contributed by atoms with Crippen LogP contribution in [0.1, 0.15) is 47.0 Å². The van der Waals surface area contributed by atoms with E-state index in [9.17, 15) is 4.79 Å². The van der Waals surface area contributed by atoms with Crippen LogP contribution in [0.3, 0.4) is 0 Å². The van der Waals surface area contributed by atoms with Crippen molar-refractivity contribution in [1.29, 1.82) is 0 Å². The fourth-order valence-electron chi connectivity index (χ4n) is 2.63. The molecule has 7 heteroatoms. The number of H-pyrrole nitrogens is 1. The lowest BCUT2D eigenvalue weighted by molar-refractivity contribution is 0.0520. The van der Waals surface area contributed by atoms with Crippen LogP contribution in [0.2, 0.25) is 0 Å². The second-order valence-corrected chi connectivity index (χ2v) is 5.89. The molecule has 0 bridgehead atoms. The highest BCUT2D eigenvalue weighted by Crippen LogP contribution is 2.34. The van der Waals surface area contributed by atoms with Crippen molar-refractivity contribution in [3.8, 4) is 0 Å². The maximum absolute atomic E-state index is 11.7. The minimum atomic E-state index is -0.335. The summed E-state index contributed by atoms with van der Waals surface area (Å²) in [5, 5.41) is 9.76. The molecule has 0 aliphatic carbocycles. The fourth-order valence-corrected chi connectivity index (χ4v) is 3.58. The summed E-state index contributed by atoms with van der Waals surface area (Å²) in [5.41, 5.74) is 1.52. The summed E-state index contributed by atoms with van der Waals surface area (Å²) in [5.74, 6) is -0.335. The molecule has 1 saturated heterocycles. The summed E-state index contributed by atoms with van der Waals surface area (Å²) in [6, 6.07) is 2.27. The Morgan fingerprint density at radius 1 is 1.62 bits per heavy atom. The number of likely N-dealkylation sites (tertiary alicyclic amines) is 1. The van der Waals surface area contributed by atoms with Crippen molar-refractivity contribution in [3.63, 3.8) is 0 Å². The highest BCUT2D eigenvalue weighted by molar-refractivity contribution is 7.09. The Balaban J connectivity index is 1.71. The second-order valence-electron chi connectivity index (χ2n) is 5.00.